The summed E-state index contributed by atoms with van der Waals surface area (Å²) in [5.41, 5.74) is 7.88. The highest BCUT2D eigenvalue weighted by Gasteiger charge is 2.26. The number of aryl methyl sites for hydroxylation is 1. The summed E-state index contributed by atoms with van der Waals surface area (Å²) < 4.78 is 0. The molecule has 2 aromatic heterocycles. The molecule has 7 heteroatoms. The Morgan fingerprint density at radius 1 is 1.09 bits per heavy atom. The van der Waals surface area contributed by atoms with Crippen LogP contribution in [0.5, 0.6) is 0 Å². The van der Waals surface area contributed by atoms with E-state index in [1.165, 1.54) is 29.5 Å². The number of hydrogen-bond acceptors (Lipinski definition) is 6. The zero-order valence-corrected chi connectivity index (χ0v) is 20.2. The van der Waals surface area contributed by atoms with Crippen molar-refractivity contribution >= 4 is 28.2 Å². The molecule has 0 radical (unpaired) electrons. The van der Waals surface area contributed by atoms with Crippen molar-refractivity contribution in [1.29, 1.82) is 0 Å². The fraction of sp³-hybridized carbons (Fsp3) is 0.357. The molecule has 3 heterocycles. The first-order valence-electron chi connectivity index (χ1n) is 12.6. The minimum absolute atomic E-state index is 0.225. The Morgan fingerprint density at radius 3 is 2.71 bits per heavy atom. The van der Waals surface area contributed by atoms with Gasteiger partial charge in [0.25, 0.3) is 0 Å². The molecular weight excluding hydrogens is 436 g/mol. The largest absolute Gasteiger partial charge is 0.395 e. The molecule has 7 nitrogen and oxygen atoms in total. The number of fused-ring (bicyclic) bond motifs is 1. The van der Waals surface area contributed by atoms with Crippen LogP contribution in [0, 0.1) is 6.92 Å². The number of anilines is 3. The number of hydrogen-bond donors (Lipinski definition) is 3. The maximum Gasteiger partial charge on any atom is 0.227 e. The Kier molecular flexibility index (Phi) is 5.88. The van der Waals surface area contributed by atoms with Crippen molar-refractivity contribution in [3.63, 3.8) is 0 Å². The van der Waals surface area contributed by atoms with Gasteiger partial charge in [-0.1, -0.05) is 18.2 Å². The van der Waals surface area contributed by atoms with Crippen molar-refractivity contribution in [1.82, 2.24) is 19.9 Å². The molecule has 0 atom stereocenters. The minimum Gasteiger partial charge on any atom is -0.395 e. The molecule has 1 saturated heterocycles. The predicted molar refractivity (Wildman–Crippen MR) is 142 cm³/mol. The number of aromatic nitrogens is 3. The fourth-order valence-corrected chi connectivity index (χ4v) is 5.08. The number of piperazine rings is 1. The number of H-pyrrole nitrogens is 1. The molecule has 4 aromatic rings. The van der Waals surface area contributed by atoms with Crippen molar-refractivity contribution in [2.45, 2.75) is 25.7 Å². The molecule has 1 aliphatic heterocycles. The van der Waals surface area contributed by atoms with Crippen molar-refractivity contribution in [3.05, 3.63) is 66.0 Å². The van der Waals surface area contributed by atoms with Crippen LogP contribution in [-0.4, -0.2) is 64.3 Å². The van der Waals surface area contributed by atoms with Crippen molar-refractivity contribution in [2.24, 2.45) is 0 Å². The number of para-hydroxylation sites is 1. The molecule has 2 fully saturated rings. The molecule has 0 unspecified atom stereocenters. The van der Waals surface area contributed by atoms with E-state index < -0.39 is 0 Å². The molecule has 35 heavy (non-hydrogen) atoms. The van der Waals surface area contributed by atoms with Crippen LogP contribution < -0.4 is 10.2 Å². The molecule has 0 amide bonds. The van der Waals surface area contributed by atoms with Gasteiger partial charge in [0, 0.05) is 73.0 Å². The van der Waals surface area contributed by atoms with Gasteiger partial charge in [0.1, 0.15) is 0 Å². The van der Waals surface area contributed by atoms with Crippen LogP contribution in [0.25, 0.3) is 22.2 Å². The van der Waals surface area contributed by atoms with Crippen molar-refractivity contribution in [2.75, 3.05) is 49.5 Å². The molecule has 180 valence electrons. The van der Waals surface area contributed by atoms with Crippen LogP contribution in [-0.2, 0) is 0 Å². The number of nitrogens with zero attached hydrogens (tertiary/aromatic N) is 4. The normalized spacial score (nSPS) is 16.7. The number of benzene rings is 2. The minimum atomic E-state index is 0.225. The first kappa shape index (κ1) is 22.1. The fourth-order valence-electron chi connectivity index (χ4n) is 5.08. The van der Waals surface area contributed by atoms with Crippen LogP contribution >= 0.6 is 0 Å². The number of rotatable bonds is 7. The van der Waals surface area contributed by atoms with Crippen molar-refractivity contribution in [3.8, 4) is 11.3 Å². The number of aliphatic hydroxyl groups excluding tert-OH is 1. The van der Waals surface area contributed by atoms with Gasteiger partial charge in [-0.25, -0.2) is 9.97 Å². The summed E-state index contributed by atoms with van der Waals surface area (Å²) >= 11 is 0. The number of β-amino-alcohol motifs (C(OH)–C–C–N with tert-alkyl or cyclic N) is 1. The second-order valence-electron chi connectivity index (χ2n) is 9.74. The van der Waals surface area contributed by atoms with E-state index in [1.54, 1.807) is 0 Å². The van der Waals surface area contributed by atoms with Gasteiger partial charge in [-0.3, -0.25) is 4.90 Å². The Hall–Kier alpha value is -3.42. The van der Waals surface area contributed by atoms with Gasteiger partial charge in [0.15, 0.2) is 0 Å². The van der Waals surface area contributed by atoms with Gasteiger partial charge in [-0.05, 0) is 61.1 Å². The SMILES string of the molecule is Cc1cnc(Nc2cc(C3CC3)cc(N3CCN(CCO)CC3)c2)nc1-c1c[nH]c2ccccc12. The van der Waals surface area contributed by atoms with E-state index in [2.05, 4.69) is 68.4 Å². The molecule has 0 bridgehead atoms. The van der Waals surface area contributed by atoms with Crippen LogP contribution in [0.4, 0.5) is 17.3 Å². The third-order valence-electron chi connectivity index (χ3n) is 7.21. The third-order valence-corrected chi connectivity index (χ3v) is 7.21. The van der Waals surface area contributed by atoms with Gasteiger partial charge >= 0.3 is 0 Å². The molecular formula is C28H32N6O. The highest BCUT2D eigenvalue weighted by molar-refractivity contribution is 5.95. The van der Waals surface area contributed by atoms with E-state index in [0.717, 1.165) is 60.7 Å². The van der Waals surface area contributed by atoms with Crippen LogP contribution in [0.1, 0.15) is 29.9 Å². The van der Waals surface area contributed by atoms with Gasteiger partial charge in [-0.15, -0.1) is 0 Å². The topological polar surface area (TPSA) is 80.3 Å². The summed E-state index contributed by atoms with van der Waals surface area (Å²) in [6, 6.07) is 15.2. The predicted octanol–water partition coefficient (Wildman–Crippen LogP) is 4.67. The Balaban J connectivity index is 1.29. The van der Waals surface area contributed by atoms with E-state index in [4.69, 9.17) is 4.98 Å². The number of aliphatic hydroxyl groups is 1. The summed E-state index contributed by atoms with van der Waals surface area (Å²) in [7, 11) is 0. The average Bonchev–Trinajstić information content (AvgIpc) is 3.65. The molecule has 2 aliphatic rings. The Morgan fingerprint density at radius 2 is 1.91 bits per heavy atom. The van der Waals surface area contributed by atoms with Crippen LogP contribution in [0.2, 0.25) is 0 Å². The lowest BCUT2D eigenvalue weighted by atomic mass is 10.1. The second-order valence-corrected chi connectivity index (χ2v) is 9.74. The first-order valence-corrected chi connectivity index (χ1v) is 12.6. The highest BCUT2D eigenvalue weighted by atomic mass is 16.3. The maximum absolute atomic E-state index is 9.25. The van der Waals surface area contributed by atoms with Gasteiger partial charge in [0.2, 0.25) is 5.95 Å². The van der Waals surface area contributed by atoms with Crippen molar-refractivity contribution < 1.29 is 5.11 Å². The standard InChI is InChI=1S/C28H32N6O/c1-19-17-30-28(32-27(19)25-18-29-26-5-3-2-4-24(25)26)31-22-14-21(20-6-7-20)15-23(16-22)34-10-8-33(9-11-34)12-13-35/h2-5,14-18,20,29,35H,6-13H2,1H3,(H,30,31,32). The van der Waals surface area contributed by atoms with E-state index in [-0.39, 0.29) is 6.61 Å². The highest BCUT2D eigenvalue weighted by Crippen LogP contribution is 2.43. The average molecular weight is 469 g/mol. The van der Waals surface area contributed by atoms with Gasteiger partial charge < -0.3 is 20.3 Å². The van der Waals surface area contributed by atoms with Gasteiger partial charge in [0.05, 0.1) is 12.3 Å². The maximum atomic E-state index is 9.25. The lowest BCUT2D eigenvalue weighted by Gasteiger charge is -2.36. The van der Waals surface area contributed by atoms with E-state index >= 15 is 0 Å². The van der Waals surface area contributed by atoms with Crippen LogP contribution in [0.3, 0.4) is 0 Å². The Labute approximate surface area is 205 Å². The zero-order valence-electron chi connectivity index (χ0n) is 20.2. The summed E-state index contributed by atoms with van der Waals surface area (Å²) in [6.45, 7) is 6.94. The van der Waals surface area contributed by atoms with Gasteiger partial charge in [-0.2, -0.15) is 0 Å². The molecule has 6 rings (SSSR count). The van der Waals surface area contributed by atoms with E-state index in [0.29, 0.717) is 11.9 Å². The third kappa shape index (κ3) is 4.61. The first-order chi connectivity index (χ1) is 17.2. The van der Waals surface area contributed by atoms with E-state index in [9.17, 15) is 5.11 Å². The summed E-state index contributed by atoms with van der Waals surface area (Å²) in [5.74, 6) is 1.27. The lowest BCUT2D eigenvalue weighted by Crippen LogP contribution is -2.47. The summed E-state index contributed by atoms with van der Waals surface area (Å²) in [5, 5.41) is 13.9. The molecule has 1 saturated carbocycles. The zero-order chi connectivity index (χ0) is 23.8. The summed E-state index contributed by atoms with van der Waals surface area (Å²) in [4.78, 5) is 17.7. The molecule has 0 spiro atoms. The second kappa shape index (κ2) is 9.32. The number of nitrogens with one attached hydrogen (secondary N) is 2. The molecule has 2 aromatic carbocycles. The molecule has 3 N–H and O–H groups in total. The summed E-state index contributed by atoms with van der Waals surface area (Å²) in [6.07, 6.45) is 6.46. The lowest BCUT2D eigenvalue weighted by molar-refractivity contribution is 0.189. The van der Waals surface area contributed by atoms with E-state index in [1.807, 2.05) is 18.5 Å². The Bertz CT molecular complexity index is 1340. The number of aromatic amines is 1. The monoisotopic (exact) mass is 468 g/mol. The molecule has 1 aliphatic carbocycles. The smallest absolute Gasteiger partial charge is 0.227 e. The quantitative estimate of drug-likeness (QED) is 0.366. The van der Waals surface area contributed by atoms with Crippen LogP contribution in [0.15, 0.2) is 54.9 Å².